The summed E-state index contributed by atoms with van der Waals surface area (Å²) in [5, 5.41) is 2.87. The number of halogens is 2. The Kier molecular flexibility index (Phi) is 3.75. The first-order valence-electron chi connectivity index (χ1n) is 3.27. The summed E-state index contributed by atoms with van der Waals surface area (Å²) in [4.78, 5) is 13.8. The molecule has 3 nitrogen and oxygen atoms in total. The molecular weight excluding hydrogens is 173 g/mol. The van der Waals surface area contributed by atoms with Gasteiger partial charge in [-0.1, -0.05) is 0 Å². The van der Waals surface area contributed by atoms with Crippen molar-refractivity contribution in [2.75, 3.05) is 6.54 Å². The first-order chi connectivity index (χ1) is 4.69. The minimum Gasteiger partial charge on any atom is -0.302 e. The van der Waals surface area contributed by atoms with E-state index in [9.17, 15) is 9.32 Å². The number of carbonyl (C=O) groups is 1. The predicted molar refractivity (Wildman–Crippen MR) is 40.1 cm³/mol. The van der Waals surface area contributed by atoms with Crippen LogP contribution in [0, 0.1) is 0 Å². The second-order valence-electron chi connectivity index (χ2n) is 2.73. The van der Waals surface area contributed by atoms with Gasteiger partial charge in [0.15, 0.2) is 0 Å². The van der Waals surface area contributed by atoms with Crippen LogP contribution in [0.2, 0.25) is 0 Å². The van der Waals surface area contributed by atoms with Crippen LogP contribution in [-0.4, -0.2) is 18.1 Å². The van der Waals surface area contributed by atoms with Gasteiger partial charge >= 0.3 is 5.97 Å². The molecule has 1 saturated heterocycles. The van der Waals surface area contributed by atoms with Crippen LogP contribution in [0.5, 0.6) is 0 Å². The van der Waals surface area contributed by atoms with Gasteiger partial charge in [0.25, 0.3) is 0 Å². The normalized spacial score (nSPS) is 29.3. The summed E-state index contributed by atoms with van der Waals surface area (Å²) >= 11 is 0. The molecule has 1 N–H and O–H groups in total. The fourth-order valence-electron chi connectivity index (χ4n) is 1.15. The summed E-state index contributed by atoms with van der Waals surface area (Å²) in [5.41, 5.74) is -0.783. The van der Waals surface area contributed by atoms with Crippen LogP contribution in [0.15, 0.2) is 0 Å². The topological polar surface area (TPSA) is 38.3 Å². The molecule has 5 heteroatoms. The van der Waals surface area contributed by atoms with E-state index in [2.05, 4.69) is 10.3 Å². The molecule has 11 heavy (non-hydrogen) atoms. The maximum absolute atomic E-state index is 11.4. The van der Waals surface area contributed by atoms with E-state index < -0.39 is 11.5 Å². The summed E-state index contributed by atoms with van der Waals surface area (Å²) in [6.07, 6.45) is 1.54. The molecule has 0 amide bonds. The van der Waals surface area contributed by atoms with Gasteiger partial charge in [-0.15, -0.1) is 12.4 Å². The number of rotatable bonds is 1. The highest BCUT2D eigenvalue weighted by atomic mass is 35.5. The average molecular weight is 184 g/mol. The van der Waals surface area contributed by atoms with Gasteiger partial charge in [-0.05, 0) is 26.3 Å². The second kappa shape index (κ2) is 3.88. The minimum atomic E-state index is -0.815. The zero-order chi connectivity index (χ0) is 7.61. The van der Waals surface area contributed by atoms with Gasteiger partial charge in [0.1, 0.15) is 5.54 Å². The molecule has 1 unspecified atom stereocenters. The van der Waals surface area contributed by atoms with Crippen molar-refractivity contribution in [3.05, 3.63) is 0 Å². The third-order valence-electron chi connectivity index (χ3n) is 1.89. The molecule has 1 aliphatic heterocycles. The Bertz CT molecular complexity index is 148. The van der Waals surface area contributed by atoms with Crippen molar-refractivity contribution in [3.63, 3.8) is 0 Å². The first kappa shape index (κ1) is 10.7. The maximum Gasteiger partial charge on any atom is 0.368 e. The van der Waals surface area contributed by atoms with Gasteiger partial charge < -0.3 is 5.32 Å². The maximum atomic E-state index is 11.4. The number of hydrogen-bond acceptors (Lipinski definition) is 3. The van der Waals surface area contributed by atoms with Gasteiger partial charge in [0, 0.05) is 4.53 Å². The van der Waals surface area contributed by atoms with Crippen LogP contribution in [0.1, 0.15) is 19.8 Å². The Morgan fingerprint density at radius 2 is 2.36 bits per heavy atom. The van der Waals surface area contributed by atoms with Crippen LogP contribution >= 0.6 is 12.4 Å². The molecule has 0 aliphatic carbocycles. The zero-order valence-electron chi connectivity index (χ0n) is 6.22. The fourth-order valence-corrected chi connectivity index (χ4v) is 1.15. The SMILES string of the molecule is CC1(C(=O)OF)CCCN1.Cl. The molecule has 1 fully saturated rings. The molecule has 1 heterocycles. The molecule has 0 bridgehead atoms. The van der Waals surface area contributed by atoms with Gasteiger partial charge in [0.2, 0.25) is 0 Å². The van der Waals surface area contributed by atoms with E-state index in [4.69, 9.17) is 0 Å². The van der Waals surface area contributed by atoms with Gasteiger partial charge in [-0.2, -0.15) is 0 Å². The van der Waals surface area contributed by atoms with Crippen LogP contribution in [-0.2, 0) is 9.74 Å². The second-order valence-corrected chi connectivity index (χ2v) is 2.73. The van der Waals surface area contributed by atoms with E-state index in [1.54, 1.807) is 6.92 Å². The third-order valence-corrected chi connectivity index (χ3v) is 1.89. The Hall–Kier alpha value is -0.350. The van der Waals surface area contributed by atoms with Crippen molar-refractivity contribution < 1.29 is 14.3 Å². The van der Waals surface area contributed by atoms with Crippen LogP contribution in [0.4, 0.5) is 4.53 Å². The largest absolute Gasteiger partial charge is 0.368 e. The summed E-state index contributed by atoms with van der Waals surface area (Å²) in [5.74, 6) is -0.815. The minimum absolute atomic E-state index is 0. The monoisotopic (exact) mass is 183 g/mol. The van der Waals surface area contributed by atoms with Crippen LogP contribution in [0.25, 0.3) is 0 Å². The molecular formula is C6H11ClFNO2. The number of carbonyl (C=O) groups excluding carboxylic acids is 1. The summed E-state index contributed by atoms with van der Waals surface area (Å²) in [6.45, 7) is 2.40. The molecule has 0 aromatic carbocycles. The highest BCUT2D eigenvalue weighted by Gasteiger charge is 2.38. The molecule has 0 spiro atoms. The molecule has 1 rings (SSSR count). The number of nitrogens with one attached hydrogen (secondary N) is 1. The van der Waals surface area contributed by atoms with Crippen molar-refractivity contribution in [3.8, 4) is 0 Å². The van der Waals surface area contributed by atoms with Gasteiger partial charge in [0.05, 0.1) is 0 Å². The van der Waals surface area contributed by atoms with E-state index in [1.807, 2.05) is 0 Å². The van der Waals surface area contributed by atoms with E-state index >= 15 is 0 Å². The molecule has 1 aliphatic rings. The lowest BCUT2D eigenvalue weighted by atomic mass is 10.0. The Morgan fingerprint density at radius 3 is 2.73 bits per heavy atom. The molecule has 1 atom stereocenters. The average Bonchev–Trinajstić information content (AvgIpc) is 2.36. The lowest BCUT2D eigenvalue weighted by Gasteiger charge is -2.17. The van der Waals surface area contributed by atoms with Crippen molar-refractivity contribution in [1.82, 2.24) is 5.32 Å². The van der Waals surface area contributed by atoms with Crippen molar-refractivity contribution >= 4 is 18.4 Å². The zero-order valence-corrected chi connectivity index (χ0v) is 7.04. The lowest BCUT2D eigenvalue weighted by molar-refractivity contribution is -0.190. The quantitative estimate of drug-likeness (QED) is 0.659. The first-order valence-corrected chi connectivity index (χ1v) is 3.27. The number of hydrogen-bond donors (Lipinski definition) is 1. The Balaban J connectivity index is 0.000001000. The predicted octanol–water partition coefficient (Wildman–Crippen LogP) is 0.978. The standard InChI is InChI=1S/C6H10FNO2.ClH/c1-6(5(9)10-7)3-2-4-8-6;/h8H,2-4H2,1H3;1H. The van der Waals surface area contributed by atoms with Gasteiger partial charge in [-0.25, -0.2) is 4.79 Å². The summed E-state index contributed by atoms with van der Waals surface area (Å²) < 4.78 is 11.4. The molecule has 0 aromatic heterocycles. The Morgan fingerprint density at radius 1 is 1.73 bits per heavy atom. The summed E-state index contributed by atoms with van der Waals surface area (Å²) in [6, 6.07) is 0. The molecule has 66 valence electrons. The smallest absolute Gasteiger partial charge is 0.302 e. The van der Waals surface area contributed by atoms with Gasteiger partial charge in [-0.3, -0.25) is 4.94 Å². The highest BCUT2D eigenvalue weighted by Crippen LogP contribution is 2.19. The van der Waals surface area contributed by atoms with Crippen LogP contribution in [0.3, 0.4) is 0 Å². The molecule has 0 saturated carbocycles. The van der Waals surface area contributed by atoms with Crippen LogP contribution < -0.4 is 5.32 Å². The van der Waals surface area contributed by atoms with E-state index in [0.717, 1.165) is 13.0 Å². The Labute approximate surface area is 70.6 Å². The van der Waals surface area contributed by atoms with E-state index in [1.165, 1.54) is 0 Å². The van der Waals surface area contributed by atoms with Crippen molar-refractivity contribution in [2.24, 2.45) is 0 Å². The highest BCUT2D eigenvalue weighted by molar-refractivity contribution is 5.85. The lowest BCUT2D eigenvalue weighted by Crippen LogP contribution is -2.44. The van der Waals surface area contributed by atoms with Crippen molar-refractivity contribution in [1.29, 1.82) is 0 Å². The van der Waals surface area contributed by atoms with E-state index in [-0.39, 0.29) is 12.4 Å². The summed E-state index contributed by atoms with van der Waals surface area (Å²) in [7, 11) is 0. The van der Waals surface area contributed by atoms with Crippen molar-refractivity contribution in [2.45, 2.75) is 25.3 Å². The molecule has 0 aromatic rings. The molecule has 0 radical (unpaired) electrons. The van der Waals surface area contributed by atoms with E-state index in [0.29, 0.717) is 6.42 Å². The third kappa shape index (κ3) is 2.04. The fraction of sp³-hybridized carbons (Fsp3) is 0.833.